The van der Waals surface area contributed by atoms with E-state index in [1.165, 1.54) is 5.56 Å². The molecule has 1 fully saturated rings. The van der Waals surface area contributed by atoms with Crippen LogP contribution in [0.25, 0.3) is 6.08 Å². The average Bonchev–Trinajstić information content (AvgIpc) is 2.82. The van der Waals surface area contributed by atoms with Crippen LogP contribution in [0.5, 0.6) is 0 Å². The monoisotopic (exact) mass is 493 g/mol. The molecule has 0 bridgehead atoms. The summed E-state index contributed by atoms with van der Waals surface area (Å²) in [6.45, 7) is 4.78. The van der Waals surface area contributed by atoms with Crippen LogP contribution < -0.4 is 15.6 Å². The van der Waals surface area contributed by atoms with Crippen LogP contribution >= 0.6 is 15.9 Å². The van der Waals surface area contributed by atoms with Gasteiger partial charge in [-0.1, -0.05) is 48.0 Å². The van der Waals surface area contributed by atoms with E-state index in [0.29, 0.717) is 31.1 Å². The Morgan fingerprint density at radius 1 is 1.00 bits per heavy atom. The molecule has 1 aromatic heterocycles. The number of hydrogen-bond donors (Lipinski definition) is 2. The number of ether oxygens (including phenoxy) is 1. The zero-order valence-corrected chi connectivity index (χ0v) is 19.3. The molecule has 1 aliphatic rings. The second kappa shape index (κ2) is 10.8. The summed E-state index contributed by atoms with van der Waals surface area (Å²) in [4.78, 5) is 15.7. The molecule has 0 amide bonds. The Balaban J connectivity index is 1.52. The first-order valence-electron chi connectivity index (χ1n) is 10.3. The molecule has 0 radical (unpaired) electrons. The van der Waals surface area contributed by atoms with Crippen LogP contribution in [0.4, 0.5) is 23.5 Å². The Bertz CT molecular complexity index is 1080. The van der Waals surface area contributed by atoms with Crippen molar-refractivity contribution in [3.63, 3.8) is 0 Å². The molecule has 4 rings (SSSR count). The lowest BCUT2D eigenvalue weighted by Crippen LogP contribution is -2.37. The van der Waals surface area contributed by atoms with Gasteiger partial charge in [0.2, 0.25) is 17.8 Å². The van der Waals surface area contributed by atoms with Gasteiger partial charge in [0, 0.05) is 23.3 Å². The maximum Gasteiger partial charge on any atom is 0.250 e. The molecule has 0 saturated carbocycles. The Morgan fingerprint density at radius 2 is 1.72 bits per heavy atom. The molecule has 2 heterocycles. The molecule has 0 aliphatic carbocycles. The summed E-state index contributed by atoms with van der Waals surface area (Å²) in [7, 11) is 0. The molecule has 1 saturated heterocycles. The van der Waals surface area contributed by atoms with E-state index in [9.17, 15) is 0 Å². The highest BCUT2D eigenvalue weighted by Gasteiger charge is 2.16. The zero-order valence-electron chi connectivity index (χ0n) is 17.7. The molecule has 2 N–H and O–H groups in total. The van der Waals surface area contributed by atoms with Gasteiger partial charge < -0.3 is 15.0 Å². The van der Waals surface area contributed by atoms with Crippen molar-refractivity contribution in [2.24, 2.45) is 5.10 Å². The van der Waals surface area contributed by atoms with E-state index in [-0.39, 0.29) is 0 Å². The van der Waals surface area contributed by atoms with E-state index in [4.69, 9.17) is 4.74 Å². The highest BCUT2D eigenvalue weighted by molar-refractivity contribution is 9.12. The number of hydrogen-bond acceptors (Lipinski definition) is 8. The number of rotatable bonds is 7. The van der Waals surface area contributed by atoms with Crippen molar-refractivity contribution < 1.29 is 4.74 Å². The van der Waals surface area contributed by atoms with Gasteiger partial charge in [0.15, 0.2) is 0 Å². The van der Waals surface area contributed by atoms with E-state index in [2.05, 4.69) is 51.6 Å². The summed E-state index contributed by atoms with van der Waals surface area (Å²) in [5.41, 5.74) is 6.08. The molecular weight excluding hydrogens is 470 g/mol. The predicted molar refractivity (Wildman–Crippen MR) is 133 cm³/mol. The van der Waals surface area contributed by atoms with Gasteiger partial charge in [0.25, 0.3) is 0 Å². The van der Waals surface area contributed by atoms with Gasteiger partial charge in [0.05, 0.1) is 19.4 Å². The van der Waals surface area contributed by atoms with Crippen molar-refractivity contribution in [2.75, 3.05) is 41.9 Å². The lowest BCUT2D eigenvalue weighted by molar-refractivity contribution is 0.122. The fourth-order valence-electron chi connectivity index (χ4n) is 3.04. The number of hydrazone groups is 1. The fourth-order valence-corrected chi connectivity index (χ4v) is 3.41. The summed E-state index contributed by atoms with van der Waals surface area (Å²) in [6, 6.07) is 18.0. The van der Waals surface area contributed by atoms with E-state index < -0.39 is 0 Å². The number of morpholine rings is 1. The molecule has 8 nitrogen and oxygen atoms in total. The smallest absolute Gasteiger partial charge is 0.250 e. The second-order valence-corrected chi connectivity index (χ2v) is 8.10. The van der Waals surface area contributed by atoms with E-state index in [0.717, 1.165) is 28.8 Å². The highest BCUT2D eigenvalue weighted by atomic mass is 79.9. The Hall–Kier alpha value is -3.30. The Labute approximate surface area is 195 Å². The summed E-state index contributed by atoms with van der Waals surface area (Å²) >= 11 is 3.51. The molecular formula is C23H24BrN7O. The minimum absolute atomic E-state index is 0.354. The van der Waals surface area contributed by atoms with Crippen molar-refractivity contribution in [1.82, 2.24) is 15.0 Å². The van der Waals surface area contributed by atoms with Gasteiger partial charge in [-0.2, -0.15) is 20.1 Å². The summed E-state index contributed by atoms with van der Waals surface area (Å²) in [5, 5.41) is 7.52. The molecule has 0 unspecified atom stereocenters. The number of aryl methyl sites for hydroxylation is 1. The van der Waals surface area contributed by atoms with Gasteiger partial charge >= 0.3 is 0 Å². The number of allylic oxidation sites excluding steroid dienone is 1. The quantitative estimate of drug-likeness (QED) is 0.367. The van der Waals surface area contributed by atoms with Crippen LogP contribution in [-0.4, -0.2) is 47.5 Å². The molecule has 2 aromatic carbocycles. The van der Waals surface area contributed by atoms with Crippen molar-refractivity contribution in [3.8, 4) is 0 Å². The Kier molecular flexibility index (Phi) is 7.42. The summed E-state index contributed by atoms with van der Waals surface area (Å²) in [5.74, 6) is 1.38. The first-order chi connectivity index (χ1) is 15.7. The fraction of sp³-hybridized carbons (Fsp3) is 0.217. The summed E-state index contributed by atoms with van der Waals surface area (Å²) in [6.07, 6.45) is 3.64. The SMILES string of the molecule is Cc1ccc(Nc2nc(N/N=C\C(Br)=C\c3ccccc3)nc(N3CCOCC3)n2)cc1. The van der Waals surface area contributed by atoms with Gasteiger partial charge in [-0.05, 0) is 46.6 Å². The van der Waals surface area contributed by atoms with Crippen LogP contribution in [-0.2, 0) is 4.74 Å². The number of nitrogens with one attached hydrogen (secondary N) is 2. The number of benzene rings is 2. The van der Waals surface area contributed by atoms with E-state index in [1.54, 1.807) is 6.21 Å². The Morgan fingerprint density at radius 3 is 2.47 bits per heavy atom. The van der Waals surface area contributed by atoms with Crippen LogP contribution in [0.1, 0.15) is 11.1 Å². The molecule has 0 atom stereocenters. The third kappa shape index (κ3) is 6.35. The highest BCUT2D eigenvalue weighted by Crippen LogP contribution is 2.19. The van der Waals surface area contributed by atoms with Gasteiger partial charge in [0.1, 0.15) is 0 Å². The molecule has 164 valence electrons. The van der Waals surface area contributed by atoms with Crippen molar-refractivity contribution in [1.29, 1.82) is 0 Å². The average molecular weight is 494 g/mol. The summed E-state index contributed by atoms with van der Waals surface area (Å²) < 4.78 is 6.27. The topological polar surface area (TPSA) is 87.6 Å². The van der Waals surface area contributed by atoms with Crippen LogP contribution in [0.2, 0.25) is 0 Å². The third-order valence-electron chi connectivity index (χ3n) is 4.68. The lowest BCUT2D eigenvalue weighted by atomic mass is 10.2. The third-order valence-corrected chi connectivity index (χ3v) is 5.12. The number of halogens is 1. The van der Waals surface area contributed by atoms with E-state index in [1.807, 2.05) is 67.6 Å². The van der Waals surface area contributed by atoms with Crippen molar-refractivity contribution >= 4 is 51.8 Å². The first kappa shape index (κ1) is 21.9. The lowest BCUT2D eigenvalue weighted by Gasteiger charge is -2.27. The normalized spacial score (nSPS) is 14.6. The van der Waals surface area contributed by atoms with Gasteiger partial charge in [-0.15, -0.1) is 0 Å². The van der Waals surface area contributed by atoms with Crippen LogP contribution in [0.15, 0.2) is 64.2 Å². The van der Waals surface area contributed by atoms with Crippen LogP contribution in [0.3, 0.4) is 0 Å². The number of aromatic nitrogens is 3. The number of nitrogens with zero attached hydrogens (tertiary/aromatic N) is 5. The van der Waals surface area contributed by atoms with Crippen molar-refractivity contribution in [2.45, 2.75) is 6.92 Å². The minimum atomic E-state index is 0.354. The maximum atomic E-state index is 5.45. The number of anilines is 4. The predicted octanol–water partition coefficient (Wildman–Crippen LogP) is 4.59. The van der Waals surface area contributed by atoms with Crippen LogP contribution in [0, 0.1) is 6.92 Å². The van der Waals surface area contributed by atoms with Gasteiger partial charge in [-0.3, -0.25) is 0 Å². The molecule has 1 aliphatic heterocycles. The minimum Gasteiger partial charge on any atom is -0.378 e. The van der Waals surface area contributed by atoms with Gasteiger partial charge in [-0.25, -0.2) is 5.43 Å². The first-order valence-corrected chi connectivity index (χ1v) is 11.1. The molecule has 32 heavy (non-hydrogen) atoms. The standard InChI is InChI=1S/C23H24BrN7O/c1-17-7-9-20(10-8-17)26-21-27-22(29-23(28-21)31-11-13-32-14-12-31)30-25-16-19(24)15-18-5-3-2-4-6-18/h2-10,15-16H,11-14H2,1H3,(H2,26,27,28,29,30)/b19-15-,25-16-. The maximum absolute atomic E-state index is 5.45. The van der Waals surface area contributed by atoms with E-state index >= 15 is 0 Å². The largest absolute Gasteiger partial charge is 0.378 e. The van der Waals surface area contributed by atoms with Crippen molar-refractivity contribution in [3.05, 3.63) is 70.2 Å². The molecule has 9 heteroatoms. The zero-order chi connectivity index (χ0) is 22.2. The molecule has 0 spiro atoms. The molecule has 3 aromatic rings. The second-order valence-electron chi connectivity index (χ2n) is 7.18.